The van der Waals surface area contributed by atoms with Gasteiger partial charge in [0.1, 0.15) is 5.54 Å². The van der Waals surface area contributed by atoms with Crippen LogP contribution >= 0.6 is 15.9 Å². The van der Waals surface area contributed by atoms with Crippen molar-refractivity contribution in [1.82, 2.24) is 5.32 Å². The van der Waals surface area contributed by atoms with E-state index in [9.17, 15) is 4.79 Å². The van der Waals surface area contributed by atoms with Crippen LogP contribution in [-0.4, -0.2) is 12.5 Å². The summed E-state index contributed by atoms with van der Waals surface area (Å²) in [6.07, 6.45) is 0.905. The van der Waals surface area contributed by atoms with E-state index < -0.39 is 5.54 Å². The number of halogens is 1. The molecular formula is C12H17BrN2O. The number of hydrogen-bond donors (Lipinski definition) is 2. The molecule has 1 unspecified atom stereocenters. The Morgan fingerprint density at radius 2 is 2.00 bits per heavy atom. The van der Waals surface area contributed by atoms with Gasteiger partial charge in [0.2, 0.25) is 5.91 Å². The summed E-state index contributed by atoms with van der Waals surface area (Å²) in [4.78, 5) is 11.9. The summed E-state index contributed by atoms with van der Waals surface area (Å²) >= 11 is 3.35. The van der Waals surface area contributed by atoms with E-state index in [2.05, 4.69) is 21.2 Å². The third kappa shape index (κ3) is 3.06. The molecule has 16 heavy (non-hydrogen) atoms. The van der Waals surface area contributed by atoms with Crippen molar-refractivity contribution in [1.29, 1.82) is 0 Å². The molecule has 1 aromatic carbocycles. The van der Waals surface area contributed by atoms with E-state index in [4.69, 9.17) is 5.73 Å². The molecule has 3 N–H and O–H groups in total. The monoisotopic (exact) mass is 284 g/mol. The van der Waals surface area contributed by atoms with E-state index in [1.807, 2.05) is 31.2 Å². The van der Waals surface area contributed by atoms with Crippen molar-refractivity contribution < 1.29 is 4.79 Å². The van der Waals surface area contributed by atoms with Crippen LogP contribution in [0.3, 0.4) is 0 Å². The molecule has 0 saturated carbocycles. The van der Waals surface area contributed by atoms with Crippen molar-refractivity contribution in [2.24, 2.45) is 5.73 Å². The largest absolute Gasteiger partial charge is 0.354 e. The maximum absolute atomic E-state index is 11.9. The first-order valence-corrected chi connectivity index (χ1v) is 6.11. The van der Waals surface area contributed by atoms with E-state index in [-0.39, 0.29) is 5.91 Å². The zero-order valence-electron chi connectivity index (χ0n) is 9.59. The molecule has 0 spiro atoms. The standard InChI is InChI=1S/C12H17BrN2O/c1-3-8-15-11(16)12(2,14)9-4-6-10(13)7-5-9/h4-7H,3,8,14H2,1-2H3,(H,15,16). The lowest BCUT2D eigenvalue weighted by atomic mass is 9.92. The third-order valence-electron chi connectivity index (χ3n) is 2.45. The lowest BCUT2D eigenvalue weighted by Gasteiger charge is -2.24. The highest BCUT2D eigenvalue weighted by Crippen LogP contribution is 2.20. The number of hydrogen-bond acceptors (Lipinski definition) is 2. The number of rotatable bonds is 4. The van der Waals surface area contributed by atoms with Gasteiger partial charge in [0, 0.05) is 11.0 Å². The fourth-order valence-corrected chi connectivity index (χ4v) is 1.61. The molecule has 1 aromatic rings. The van der Waals surface area contributed by atoms with Crippen LogP contribution in [0.25, 0.3) is 0 Å². The summed E-state index contributed by atoms with van der Waals surface area (Å²) < 4.78 is 0.973. The van der Waals surface area contributed by atoms with Gasteiger partial charge in [-0.15, -0.1) is 0 Å². The Hall–Kier alpha value is -0.870. The topological polar surface area (TPSA) is 55.1 Å². The van der Waals surface area contributed by atoms with E-state index in [0.717, 1.165) is 16.5 Å². The number of carbonyl (C=O) groups excluding carboxylic acids is 1. The number of benzene rings is 1. The Morgan fingerprint density at radius 1 is 1.44 bits per heavy atom. The van der Waals surface area contributed by atoms with Crippen molar-refractivity contribution in [2.45, 2.75) is 25.8 Å². The average Bonchev–Trinajstić information content (AvgIpc) is 2.26. The average molecular weight is 285 g/mol. The second-order valence-corrected chi connectivity index (χ2v) is 4.88. The summed E-state index contributed by atoms with van der Waals surface area (Å²) in [5, 5.41) is 2.81. The highest BCUT2D eigenvalue weighted by Gasteiger charge is 2.29. The van der Waals surface area contributed by atoms with Crippen LogP contribution < -0.4 is 11.1 Å². The lowest BCUT2D eigenvalue weighted by molar-refractivity contribution is -0.126. The Kier molecular flexibility index (Phi) is 4.50. The molecule has 0 bridgehead atoms. The van der Waals surface area contributed by atoms with Crippen LogP contribution in [0.2, 0.25) is 0 Å². The van der Waals surface area contributed by atoms with E-state index in [0.29, 0.717) is 6.54 Å². The molecule has 1 atom stereocenters. The molecule has 0 aromatic heterocycles. The Morgan fingerprint density at radius 3 is 2.50 bits per heavy atom. The van der Waals surface area contributed by atoms with Crippen molar-refractivity contribution >= 4 is 21.8 Å². The van der Waals surface area contributed by atoms with Crippen molar-refractivity contribution in [2.75, 3.05) is 6.54 Å². The van der Waals surface area contributed by atoms with Gasteiger partial charge in [0.05, 0.1) is 0 Å². The maximum Gasteiger partial charge on any atom is 0.244 e. The molecule has 0 aliphatic rings. The minimum atomic E-state index is -0.976. The Balaban J connectivity index is 2.83. The van der Waals surface area contributed by atoms with Crippen LogP contribution in [0.1, 0.15) is 25.8 Å². The molecule has 0 radical (unpaired) electrons. The summed E-state index contributed by atoms with van der Waals surface area (Å²) in [6.45, 7) is 4.39. The molecular weight excluding hydrogens is 268 g/mol. The SMILES string of the molecule is CCCNC(=O)C(C)(N)c1ccc(Br)cc1. The van der Waals surface area contributed by atoms with Gasteiger partial charge < -0.3 is 11.1 Å². The van der Waals surface area contributed by atoms with Gasteiger partial charge in [-0.25, -0.2) is 0 Å². The number of nitrogens with two attached hydrogens (primary N) is 1. The molecule has 0 aliphatic carbocycles. The van der Waals surface area contributed by atoms with Crippen LogP contribution in [-0.2, 0) is 10.3 Å². The maximum atomic E-state index is 11.9. The summed E-state index contributed by atoms with van der Waals surface area (Å²) in [7, 11) is 0. The first-order valence-electron chi connectivity index (χ1n) is 5.31. The second kappa shape index (κ2) is 5.46. The van der Waals surface area contributed by atoms with Gasteiger partial charge >= 0.3 is 0 Å². The van der Waals surface area contributed by atoms with Crippen LogP contribution in [0.5, 0.6) is 0 Å². The molecule has 1 amide bonds. The van der Waals surface area contributed by atoms with Gasteiger partial charge in [-0.1, -0.05) is 35.0 Å². The smallest absolute Gasteiger partial charge is 0.244 e. The minimum Gasteiger partial charge on any atom is -0.354 e. The van der Waals surface area contributed by atoms with Crippen LogP contribution in [0, 0.1) is 0 Å². The first kappa shape index (κ1) is 13.2. The molecule has 0 saturated heterocycles. The predicted molar refractivity (Wildman–Crippen MR) is 69.0 cm³/mol. The van der Waals surface area contributed by atoms with Gasteiger partial charge in [-0.2, -0.15) is 0 Å². The van der Waals surface area contributed by atoms with Crippen molar-refractivity contribution in [3.8, 4) is 0 Å². The Labute approximate surface area is 105 Å². The van der Waals surface area contributed by atoms with Crippen LogP contribution in [0.15, 0.2) is 28.7 Å². The highest BCUT2D eigenvalue weighted by molar-refractivity contribution is 9.10. The number of nitrogens with one attached hydrogen (secondary N) is 1. The highest BCUT2D eigenvalue weighted by atomic mass is 79.9. The zero-order chi connectivity index (χ0) is 12.2. The van der Waals surface area contributed by atoms with E-state index in [1.54, 1.807) is 6.92 Å². The van der Waals surface area contributed by atoms with Crippen molar-refractivity contribution in [3.63, 3.8) is 0 Å². The molecule has 3 nitrogen and oxygen atoms in total. The molecule has 1 rings (SSSR count). The second-order valence-electron chi connectivity index (χ2n) is 3.97. The van der Waals surface area contributed by atoms with Gasteiger partial charge in [0.25, 0.3) is 0 Å². The quantitative estimate of drug-likeness (QED) is 0.890. The minimum absolute atomic E-state index is 0.142. The van der Waals surface area contributed by atoms with Crippen LogP contribution in [0.4, 0.5) is 0 Å². The van der Waals surface area contributed by atoms with Crippen molar-refractivity contribution in [3.05, 3.63) is 34.3 Å². The summed E-state index contributed by atoms with van der Waals surface area (Å²) in [6, 6.07) is 7.48. The summed E-state index contributed by atoms with van der Waals surface area (Å²) in [5.41, 5.74) is 5.88. The predicted octanol–water partition coefficient (Wildman–Crippen LogP) is 2.15. The van der Waals surface area contributed by atoms with E-state index >= 15 is 0 Å². The fourth-order valence-electron chi connectivity index (χ4n) is 1.35. The van der Waals surface area contributed by atoms with Gasteiger partial charge in [-0.05, 0) is 31.0 Å². The normalized spacial score (nSPS) is 14.2. The fraction of sp³-hybridized carbons (Fsp3) is 0.417. The lowest BCUT2D eigenvalue weighted by Crippen LogP contribution is -2.49. The molecule has 0 fully saturated rings. The zero-order valence-corrected chi connectivity index (χ0v) is 11.2. The number of amides is 1. The van der Waals surface area contributed by atoms with Gasteiger partial charge in [-0.3, -0.25) is 4.79 Å². The van der Waals surface area contributed by atoms with E-state index in [1.165, 1.54) is 0 Å². The Bertz CT molecular complexity index is 360. The first-order chi connectivity index (χ1) is 7.48. The molecule has 0 aliphatic heterocycles. The third-order valence-corrected chi connectivity index (χ3v) is 2.98. The molecule has 4 heteroatoms. The molecule has 0 heterocycles. The molecule has 88 valence electrons. The number of carbonyl (C=O) groups is 1. The van der Waals surface area contributed by atoms with Gasteiger partial charge in [0.15, 0.2) is 0 Å². The summed E-state index contributed by atoms with van der Waals surface area (Å²) in [5.74, 6) is -0.142.